The Kier molecular flexibility index (Phi) is 3.32. The Labute approximate surface area is 150 Å². The number of nitrogens with one attached hydrogen (secondary N) is 3. The average Bonchev–Trinajstić information content (AvgIpc) is 3.06. The molecule has 0 saturated heterocycles. The second-order valence-electron chi connectivity index (χ2n) is 8.45. The molecule has 0 aliphatic heterocycles. The van der Waals surface area contributed by atoms with Gasteiger partial charge >= 0.3 is 0 Å². The van der Waals surface area contributed by atoms with Gasteiger partial charge in [-0.15, -0.1) is 0 Å². The SMILES string of the molecule is O=C(NC(CNC(=O)C12C3CC(CC31)C2(F)F)C1CCC1)c1cc[nH]c1. The molecule has 7 heteroatoms. The summed E-state index contributed by atoms with van der Waals surface area (Å²) in [5.41, 5.74) is -0.920. The van der Waals surface area contributed by atoms with Crippen LogP contribution >= 0.6 is 0 Å². The number of hydrogen-bond acceptors (Lipinski definition) is 2. The van der Waals surface area contributed by atoms with Crippen LogP contribution in [-0.2, 0) is 4.79 Å². The molecule has 5 aliphatic rings. The molecule has 3 N–H and O–H groups in total. The molecule has 140 valence electrons. The second kappa shape index (κ2) is 5.30. The van der Waals surface area contributed by atoms with Crippen LogP contribution in [0.5, 0.6) is 0 Å². The van der Waals surface area contributed by atoms with E-state index in [-0.39, 0.29) is 30.3 Å². The lowest BCUT2D eigenvalue weighted by molar-refractivity contribution is -0.144. The van der Waals surface area contributed by atoms with Crippen LogP contribution < -0.4 is 10.6 Å². The summed E-state index contributed by atoms with van der Waals surface area (Å²) in [5, 5.41) is 5.75. The van der Waals surface area contributed by atoms with E-state index in [1.54, 1.807) is 18.5 Å². The zero-order chi connectivity index (χ0) is 18.1. The van der Waals surface area contributed by atoms with Gasteiger partial charge in [-0.25, -0.2) is 8.78 Å². The quantitative estimate of drug-likeness (QED) is 0.726. The lowest BCUT2D eigenvalue weighted by Gasteiger charge is -2.35. The monoisotopic (exact) mass is 363 g/mol. The predicted molar refractivity (Wildman–Crippen MR) is 89.5 cm³/mol. The number of carbonyl (C=O) groups is 2. The first kappa shape index (κ1) is 16.3. The highest BCUT2D eigenvalue weighted by Gasteiger charge is 2.91. The Balaban J connectivity index is 1.25. The molecule has 3 unspecified atom stereocenters. The van der Waals surface area contributed by atoms with Crippen LogP contribution in [-0.4, -0.2) is 35.3 Å². The number of amides is 2. The van der Waals surface area contributed by atoms with Gasteiger partial charge in [0.2, 0.25) is 5.91 Å². The van der Waals surface area contributed by atoms with Gasteiger partial charge in [0, 0.05) is 30.9 Å². The summed E-state index contributed by atoms with van der Waals surface area (Å²) in [6, 6.07) is 1.47. The summed E-state index contributed by atoms with van der Waals surface area (Å²) >= 11 is 0. The summed E-state index contributed by atoms with van der Waals surface area (Å²) < 4.78 is 29.1. The first-order valence-electron chi connectivity index (χ1n) is 9.56. The van der Waals surface area contributed by atoms with E-state index in [2.05, 4.69) is 15.6 Å². The van der Waals surface area contributed by atoms with Crippen molar-refractivity contribution in [2.24, 2.45) is 29.1 Å². The highest BCUT2D eigenvalue weighted by Crippen LogP contribution is 2.84. The fourth-order valence-electron chi connectivity index (χ4n) is 5.81. The summed E-state index contributed by atoms with van der Waals surface area (Å²) in [6.07, 6.45) is 7.35. The van der Waals surface area contributed by atoms with Gasteiger partial charge in [0.1, 0.15) is 5.41 Å². The zero-order valence-corrected chi connectivity index (χ0v) is 14.4. The molecule has 6 rings (SSSR count). The van der Waals surface area contributed by atoms with Crippen LogP contribution in [0.15, 0.2) is 18.5 Å². The van der Waals surface area contributed by atoms with Gasteiger partial charge in [0.15, 0.2) is 0 Å². The molecule has 5 fully saturated rings. The van der Waals surface area contributed by atoms with E-state index in [1.165, 1.54) is 0 Å². The molecule has 0 spiro atoms. The molecule has 1 aromatic heterocycles. The van der Waals surface area contributed by atoms with Crippen LogP contribution in [0.1, 0.15) is 42.5 Å². The number of hydrogen-bond donors (Lipinski definition) is 3. The van der Waals surface area contributed by atoms with Crippen LogP contribution in [0.4, 0.5) is 8.78 Å². The third-order valence-electron chi connectivity index (χ3n) is 7.44. The molecular formula is C19H23F2N3O2. The average molecular weight is 363 g/mol. The summed E-state index contributed by atoms with van der Waals surface area (Å²) in [5.74, 6) is -4.17. The second-order valence-corrected chi connectivity index (χ2v) is 8.45. The van der Waals surface area contributed by atoms with Gasteiger partial charge in [0.05, 0.1) is 5.56 Å². The molecular weight excluding hydrogens is 340 g/mol. The molecule has 0 radical (unpaired) electrons. The minimum atomic E-state index is -2.87. The number of halogens is 2. The highest BCUT2D eigenvalue weighted by atomic mass is 19.3. The zero-order valence-electron chi connectivity index (χ0n) is 14.4. The van der Waals surface area contributed by atoms with E-state index in [4.69, 9.17) is 0 Å². The molecule has 2 amide bonds. The number of carbonyl (C=O) groups excluding carboxylic acids is 2. The molecule has 5 aliphatic carbocycles. The molecule has 4 bridgehead atoms. The lowest BCUT2D eigenvalue weighted by atomic mass is 9.79. The molecule has 26 heavy (non-hydrogen) atoms. The van der Waals surface area contributed by atoms with Crippen LogP contribution in [0, 0.1) is 29.1 Å². The van der Waals surface area contributed by atoms with Crippen molar-refractivity contribution in [1.82, 2.24) is 15.6 Å². The van der Waals surface area contributed by atoms with Gasteiger partial charge in [-0.2, -0.15) is 0 Å². The third kappa shape index (κ3) is 1.94. The van der Waals surface area contributed by atoms with Gasteiger partial charge in [-0.05, 0) is 49.5 Å². The normalized spacial score (nSPS) is 37.1. The van der Waals surface area contributed by atoms with Gasteiger partial charge in [0.25, 0.3) is 11.8 Å². The molecule has 1 aromatic rings. The summed E-state index contributed by atoms with van der Waals surface area (Å²) in [4.78, 5) is 27.9. The number of aromatic amines is 1. The van der Waals surface area contributed by atoms with E-state index < -0.39 is 23.2 Å². The summed E-state index contributed by atoms with van der Waals surface area (Å²) in [7, 11) is 0. The largest absolute Gasteiger partial charge is 0.367 e. The predicted octanol–water partition coefficient (Wildman–Crippen LogP) is 2.32. The Hall–Kier alpha value is -1.92. The Morgan fingerprint density at radius 3 is 2.50 bits per heavy atom. The van der Waals surface area contributed by atoms with Crippen molar-refractivity contribution in [2.45, 2.75) is 44.1 Å². The van der Waals surface area contributed by atoms with Crippen molar-refractivity contribution in [1.29, 1.82) is 0 Å². The van der Waals surface area contributed by atoms with Gasteiger partial charge < -0.3 is 15.6 Å². The smallest absolute Gasteiger partial charge is 0.265 e. The number of alkyl halides is 2. The maximum Gasteiger partial charge on any atom is 0.265 e. The molecule has 1 heterocycles. The van der Waals surface area contributed by atoms with Crippen molar-refractivity contribution in [2.75, 3.05) is 6.54 Å². The van der Waals surface area contributed by atoms with E-state index in [1.807, 2.05) is 0 Å². The van der Waals surface area contributed by atoms with E-state index in [0.717, 1.165) is 19.3 Å². The first-order valence-corrected chi connectivity index (χ1v) is 9.56. The fraction of sp³-hybridized carbons (Fsp3) is 0.684. The van der Waals surface area contributed by atoms with Gasteiger partial charge in [-0.1, -0.05) is 6.42 Å². The maximum absolute atomic E-state index is 14.5. The van der Waals surface area contributed by atoms with Crippen molar-refractivity contribution in [3.05, 3.63) is 24.0 Å². The number of H-pyrrole nitrogens is 1. The highest BCUT2D eigenvalue weighted by molar-refractivity contribution is 5.94. The third-order valence-corrected chi connectivity index (χ3v) is 7.44. The topological polar surface area (TPSA) is 74.0 Å². The Morgan fingerprint density at radius 1 is 1.27 bits per heavy atom. The van der Waals surface area contributed by atoms with Crippen LogP contribution in [0.3, 0.4) is 0 Å². The van der Waals surface area contributed by atoms with E-state index in [9.17, 15) is 18.4 Å². The van der Waals surface area contributed by atoms with Crippen molar-refractivity contribution in [3.8, 4) is 0 Å². The van der Waals surface area contributed by atoms with Crippen molar-refractivity contribution >= 4 is 11.8 Å². The van der Waals surface area contributed by atoms with Crippen molar-refractivity contribution < 1.29 is 18.4 Å². The Bertz CT molecular complexity index is 732. The van der Waals surface area contributed by atoms with Crippen LogP contribution in [0.2, 0.25) is 0 Å². The lowest BCUT2D eigenvalue weighted by Crippen LogP contribution is -2.52. The maximum atomic E-state index is 14.5. The number of aromatic nitrogens is 1. The molecule has 3 atom stereocenters. The Morgan fingerprint density at radius 2 is 2.00 bits per heavy atom. The minimum absolute atomic E-state index is 0.140. The van der Waals surface area contributed by atoms with E-state index in [0.29, 0.717) is 24.3 Å². The summed E-state index contributed by atoms with van der Waals surface area (Å²) in [6.45, 7) is 0.224. The fourth-order valence-corrected chi connectivity index (χ4v) is 5.81. The minimum Gasteiger partial charge on any atom is -0.367 e. The molecule has 5 saturated carbocycles. The van der Waals surface area contributed by atoms with Crippen LogP contribution in [0.25, 0.3) is 0 Å². The molecule has 5 nitrogen and oxygen atoms in total. The van der Waals surface area contributed by atoms with E-state index >= 15 is 0 Å². The van der Waals surface area contributed by atoms with Gasteiger partial charge in [-0.3, -0.25) is 9.59 Å². The van der Waals surface area contributed by atoms with Crippen molar-refractivity contribution in [3.63, 3.8) is 0 Å². The number of rotatable bonds is 6. The first-order chi connectivity index (χ1) is 12.5. The molecule has 0 aromatic carbocycles. The standard InChI is InChI=1S/C19H23F2N3O2/c20-19(21)12-6-13-14(7-12)18(13,19)17(26)23-9-15(10-2-1-3-10)24-16(25)11-4-5-22-8-11/h4-5,8,10,12-15,22H,1-3,6-7,9H2,(H,23,26)(H,24,25).